The molecule has 1 fully saturated rings. The predicted octanol–water partition coefficient (Wildman–Crippen LogP) is 3.28. The smallest absolute Gasteiger partial charge is 0.179 e. The number of piperidine rings is 1. The number of pyridine rings is 1. The van der Waals surface area contributed by atoms with Crippen LogP contribution >= 0.6 is 0 Å². The van der Waals surface area contributed by atoms with E-state index < -0.39 is 21.5 Å². The van der Waals surface area contributed by atoms with Gasteiger partial charge < -0.3 is 10.3 Å². The van der Waals surface area contributed by atoms with E-state index in [4.69, 9.17) is 0 Å². The molecule has 2 N–H and O–H groups in total. The minimum atomic E-state index is -3.58. The van der Waals surface area contributed by atoms with Crippen molar-refractivity contribution in [3.8, 4) is 11.1 Å². The Bertz CT molecular complexity index is 1070. The summed E-state index contributed by atoms with van der Waals surface area (Å²) in [5, 5.41) is 3.60. The van der Waals surface area contributed by atoms with Gasteiger partial charge in [0.2, 0.25) is 0 Å². The first-order valence-electron chi connectivity index (χ1n) is 8.80. The van der Waals surface area contributed by atoms with Gasteiger partial charge in [-0.25, -0.2) is 22.2 Å². The van der Waals surface area contributed by atoms with Gasteiger partial charge in [-0.05, 0) is 55.6 Å². The van der Waals surface area contributed by atoms with E-state index in [0.717, 1.165) is 32.0 Å². The van der Waals surface area contributed by atoms with Gasteiger partial charge in [-0.15, -0.1) is 0 Å². The molecule has 0 bridgehead atoms. The Kier molecular flexibility index (Phi) is 4.69. The topological polar surface area (TPSA) is 74.8 Å². The summed E-state index contributed by atoms with van der Waals surface area (Å²) >= 11 is 0. The van der Waals surface area contributed by atoms with Crippen molar-refractivity contribution in [3.63, 3.8) is 0 Å². The number of aromatic nitrogens is 2. The van der Waals surface area contributed by atoms with E-state index in [2.05, 4.69) is 15.3 Å². The third-order valence-corrected chi connectivity index (χ3v) is 6.88. The Morgan fingerprint density at radius 3 is 2.52 bits per heavy atom. The van der Waals surface area contributed by atoms with Gasteiger partial charge in [0.15, 0.2) is 9.84 Å². The lowest BCUT2D eigenvalue weighted by molar-refractivity contribution is 0.401. The number of nitrogens with one attached hydrogen (secondary N) is 2. The second-order valence-corrected chi connectivity index (χ2v) is 8.87. The molecule has 0 atom stereocenters. The number of aromatic amines is 1. The molecule has 2 aromatic heterocycles. The highest BCUT2D eigenvalue weighted by molar-refractivity contribution is 7.91. The lowest BCUT2D eigenvalue weighted by atomic mass is 10.0. The fraction of sp³-hybridized carbons (Fsp3) is 0.316. The van der Waals surface area contributed by atoms with Gasteiger partial charge in [-0.1, -0.05) is 0 Å². The van der Waals surface area contributed by atoms with Crippen LogP contribution in [0.2, 0.25) is 0 Å². The summed E-state index contributed by atoms with van der Waals surface area (Å²) in [6.45, 7) is 1.62. The molecule has 1 aromatic carbocycles. The van der Waals surface area contributed by atoms with Crippen LogP contribution in [0.4, 0.5) is 8.78 Å². The number of hydrogen-bond acceptors (Lipinski definition) is 4. The molecule has 4 rings (SSSR count). The number of halogens is 2. The van der Waals surface area contributed by atoms with E-state index in [1.165, 1.54) is 30.6 Å². The standard InChI is InChI=1S/C19H19F2N3O2S/c20-14-7-13(8-15(21)9-14)16-10-24-19-18(16)17(3-6-23-19)27(25,26)11-12-1-4-22-5-2-12/h3,6-10,12,22H,1-2,4-5,11H2,(H,23,24). The highest BCUT2D eigenvalue weighted by atomic mass is 32.2. The molecule has 3 heterocycles. The summed E-state index contributed by atoms with van der Waals surface area (Å²) in [7, 11) is -3.58. The van der Waals surface area contributed by atoms with Crippen LogP contribution in [0.15, 0.2) is 41.6 Å². The van der Waals surface area contributed by atoms with Crippen molar-refractivity contribution < 1.29 is 17.2 Å². The molecule has 1 aliphatic rings. The zero-order chi connectivity index (χ0) is 19.0. The number of nitrogens with zero attached hydrogens (tertiary/aromatic N) is 1. The van der Waals surface area contributed by atoms with Crippen LogP contribution in [-0.2, 0) is 9.84 Å². The number of H-pyrrole nitrogens is 1. The van der Waals surface area contributed by atoms with Crippen molar-refractivity contribution in [2.24, 2.45) is 5.92 Å². The molecule has 5 nitrogen and oxygen atoms in total. The zero-order valence-electron chi connectivity index (χ0n) is 14.5. The Labute approximate surface area is 155 Å². The normalized spacial score (nSPS) is 16.1. The Morgan fingerprint density at radius 2 is 1.81 bits per heavy atom. The van der Waals surface area contributed by atoms with Crippen LogP contribution in [-0.4, -0.2) is 37.2 Å². The summed E-state index contributed by atoms with van der Waals surface area (Å²) in [6.07, 6.45) is 4.59. The van der Waals surface area contributed by atoms with Gasteiger partial charge in [0, 0.05) is 29.4 Å². The fourth-order valence-electron chi connectivity index (χ4n) is 3.67. The second-order valence-electron chi connectivity index (χ2n) is 6.87. The first kappa shape index (κ1) is 18.1. The lowest BCUT2D eigenvalue weighted by Crippen LogP contribution is -2.31. The summed E-state index contributed by atoms with van der Waals surface area (Å²) in [5.41, 5.74) is 1.06. The first-order valence-corrected chi connectivity index (χ1v) is 10.5. The number of fused-ring (bicyclic) bond motifs is 1. The first-order chi connectivity index (χ1) is 12.9. The number of benzene rings is 1. The van der Waals surface area contributed by atoms with Crippen molar-refractivity contribution in [2.75, 3.05) is 18.8 Å². The summed E-state index contributed by atoms with van der Waals surface area (Å²) in [6, 6.07) is 4.61. The van der Waals surface area contributed by atoms with Crippen LogP contribution in [0.5, 0.6) is 0 Å². The van der Waals surface area contributed by atoms with E-state index >= 15 is 0 Å². The van der Waals surface area contributed by atoms with Crippen LogP contribution < -0.4 is 5.32 Å². The third-order valence-electron chi connectivity index (χ3n) is 4.96. The molecule has 0 aliphatic carbocycles. The monoisotopic (exact) mass is 391 g/mol. The molecule has 0 radical (unpaired) electrons. The van der Waals surface area contributed by atoms with Gasteiger partial charge in [0.1, 0.15) is 17.3 Å². The summed E-state index contributed by atoms with van der Waals surface area (Å²) in [4.78, 5) is 7.23. The van der Waals surface area contributed by atoms with Gasteiger partial charge in [0.05, 0.1) is 10.6 Å². The quantitative estimate of drug-likeness (QED) is 0.716. The SMILES string of the molecule is O=S(=O)(CC1CCNCC1)c1ccnc2[nH]cc(-c3cc(F)cc(F)c3)c12. The molecule has 1 aliphatic heterocycles. The van der Waals surface area contributed by atoms with Gasteiger partial charge in [0.25, 0.3) is 0 Å². The van der Waals surface area contributed by atoms with Crippen molar-refractivity contribution >= 4 is 20.9 Å². The average molecular weight is 391 g/mol. The average Bonchev–Trinajstić information content (AvgIpc) is 3.05. The molecule has 3 aromatic rings. The number of sulfone groups is 1. The van der Waals surface area contributed by atoms with E-state index in [1.54, 1.807) is 0 Å². The minimum Gasteiger partial charge on any atom is -0.345 e. The van der Waals surface area contributed by atoms with Crippen molar-refractivity contribution in [1.29, 1.82) is 0 Å². The van der Waals surface area contributed by atoms with Gasteiger partial charge >= 0.3 is 0 Å². The molecule has 0 saturated carbocycles. The van der Waals surface area contributed by atoms with E-state index in [0.29, 0.717) is 16.6 Å². The highest BCUT2D eigenvalue weighted by Gasteiger charge is 2.26. The number of rotatable bonds is 4. The largest absolute Gasteiger partial charge is 0.345 e. The maximum absolute atomic E-state index is 13.7. The summed E-state index contributed by atoms with van der Waals surface area (Å²) in [5.74, 6) is -1.30. The third kappa shape index (κ3) is 3.59. The maximum Gasteiger partial charge on any atom is 0.179 e. The highest BCUT2D eigenvalue weighted by Crippen LogP contribution is 2.34. The molecule has 1 saturated heterocycles. The van der Waals surface area contributed by atoms with E-state index in [-0.39, 0.29) is 22.1 Å². The Morgan fingerprint density at radius 1 is 1.11 bits per heavy atom. The Balaban J connectivity index is 1.82. The van der Waals surface area contributed by atoms with Crippen LogP contribution in [0, 0.1) is 17.6 Å². The van der Waals surface area contributed by atoms with Crippen molar-refractivity contribution in [1.82, 2.24) is 15.3 Å². The molecule has 27 heavy (non-hydrogen) atoms. The van der Waals surface area contributed by atoms with Crippen LogP contribution in [0.3, 0.4) is 0 Å². The number of hydrogen-bond donors (Lipinski definition) is 2. The van der Waals surface area contributed by atoms with Crippen molar-refractivity contribution in [2.45, 2.75) is 17.7 Å². The molecular formula is C19H19F2N3O2S. The van der Waals surface area contributed by atoms with Gasteiger partial charge in [-0.2, -0.15) is 0 Å². The van der Waals surface area contributed by atoms with E-state index in [1.807, 2.05) is 0 Å². The fourth-order valence-corrected chi connectivity index (χ4v) is 5.59. The lowest BCUT2D eigenvalue weighted by Gasteiger charge is -2.22. The molecule has 8 heteroatoms. The molecule has 0 unspecified atom stereocenters. The second kappa shape index (κ2) is 7.01. The van der Waals surface area contributed by atoms with E-state index in [9.17, 15) is 17.2 Å². The van der Waals surface area contributed by atoms with Crippen molar-refractivity contribution in [3.05, 3.63) is 48.3 Å². The maximum atomic E-state index is 13.7. The minimum absolute atomic E-state index is 0.0515. The summed E-state index contributed by atoms with van der Waals surface area (Å²) < 4.78 is 53.6. The van der Waals surface area contributed by atoms with Crippen LogP contribution in [0.1, 0.15) is 12.8 Å². The Hall–Kier alpha value is -2.32. The van der Waals surface area contributed by atoms with Gasteiger partial charge in [-0.3, -0.25) is 0 Å². The predicted molar refractivity (Wildman–Crippen MR) is 99.1 cm³/mol. The molecule has 0 spiro atoms. The molecule has 142 valence electrons. The molecule has 0 amide bonds. The zero-order valence-corrected chi connectivity index (χ0v) is 15.3. The molecular weight excluding hydrogens is 372 g/mol. The van der Waals surface area contributed by atoms with Crippen LogP contribution in [0.25, 0.3) is 22.2 Å².